The Kier molecular flexibility index (Phi) is 4.60. The Hall–Kier alpha value is -0.380. The van der Waals surface area contributed by atoms with Crippen LogP contribution in [0.15, 0.2) is 28.7 Å². The summed E-state index contributed by atoms with van der Waals surface area (Å²) in [5, 5.41) is 9.28. The molecule has 1 saturated heterocycles. The molecule has 1 heterocycles. The molecule has 2 atom stereocenters. The predicted molar refractivity (Wildman–Crippen MR) is 73.8 cm³/mol. The van der Waals surface area contributed by atoms with Gasteiger partial charge in [0, 0.05) is 30.2 Å². The molecule has 1 fully saturated rings. The Balaban J connectivity index is 2.04. The third-order valence-corrected chi connectivity index (χ3v) is 4.47. The van der Waals surface area contributed by atoms with Crippen molar-refractivity contribution in [3.8, 4) is 0 Å². The molecular weight excluding hydrogens is 278 g/mol. The van der Waals surface area contributed by atoms with Crippen LogP contribution >= 0.6 is 15.9 Å². The number of nitrogens with zero attached hydrogens (tertiary/aromatic N) is 1. The predicted octanol–water partition coefficient (Wildman–Crippen LogP) is 3.04. The van der Waals surface area contributed by atoms with Gasteiger partial charge in [0.25, 0.3) is 0 Å². The Morgan fingerprint density at radius 2 is 2.12 bits per heavy atom. The Morgan fingerprint density at radius 3 is 2.82 bits per heavy atom. The van der Waals surface area contributed by atoms with E-state index in [4.69, 9.17) is 0 Å². The van der Waals surface area contributed by atoms with Gasteiger partial charge in [-0.05, 0) is 37.3 Å². The third-order valence-electron chi connectivity index (χ3n) is 3.70. The molecule has 0 saturated carbocycles. The first-order chi connectivity index (χ1) is 8.20. The molecule has 0 spiro atoms. The molecule has 1 aromatic rings. The molecule has 2 nitrogen and oxygen atoms in total. The van der Waals surface area contributed by atoms with Crippen molar-refractivity contribution in [2.75, 3.05) is 13.2 Å². The number of piperidine rings is 1. The molecule has 2 unspecified atom stereocenters. The van der Waals surface area contributed by atoms with E-state index in [2.05, 4.69) is 46.0 Å². The summed E-state index contributed by atoms with van der Waals surface area (Å²) in [5.74, 6) is 0.452. The maximum Gasteiger partial charge on any atom is 0.0471 e. The van der Waals surface area contributed by atoms with E-state index < -0.39 is 0 Å². The summed E-state index contributed by atoms with van der Waals surface area (Å²) < 4.78 is 1.18. The number of rotatable bonds is 3. The van der Waals surface area contributed by atoms with Crippen LogP contribution in [-0.4, -0.2) is 29.2 Å². The van der Waals surface area contributed by atoms with Crippen LogP contribution in [0.4, 0.5) is 0 Å². The van der Waals surface area contributed by atoms with E-state index in [0.29, 0.717) is 18.6 Å². The van der Waals surface area contributed by atoms with Crippen molar-refractivity contribution in [3.05, 3.63) is 34.3 Å². The van der Waals surface area contributed by atoms with Crippen LogP contribution in [0, 0.1) is 5.92 Å². The first-order valence-electron chi connectivity index (χ1n) is 6.29. The monoisotopic (exact) mass is 297 g/mol. The molecule has 94 valence electrons. The second-order valence-electron chi connectivity index (χ2n) is 5.00. The summed E-state index contributed by atoms with van der Waals surface area (Å²) in [6.45, 7) is 4.59. The fourth-order valence-corrected chi connectivity index (χ4v) is 2.89. The summed E-state index contributed by atoms with van der Waals surface area (Å²) in [5.41, 5.74) is 1.33. The SMILES string of the molecule is CC1CCC(CO)CN1Cc1ccccc1Br. The number of likely N-dealkylation sites (tertiary alicyclic amines) is 1. The lowest BCUT2D eigenvalue weighted by Gasteiger charge is -2.37. The Morgan fingerprint density at radius 1 is 1.35 bits per heavy atom. The number of hydrogen-bond acceptors (Lipinski definition) is 2. The van der Waals surface area contributed by atoms with E-state index in [-0.39, 0.29) is 0 Å². The van der Waals surface area contributed by atoms with Crippen molar-refractivity contribution in [2.45, 2.75) is 32.4 Å². The highest BCUT2D eigenvalue weighted by Gasteiger charge is 2.25. The summed E-state index contributed by atoms with van der Waals surface area (Å²) in [6, 6.07) is 9.00. The third kappa shape index (κ3) is 3.30. The van der Waals surface area contributed by atoms with Crippen molar-refractivity contribution in [2.24, 2.45) is 5.92 Å². The highest BCUT2D eigenvalue weighted by atomic mass is 79.9. The number of benzene rings is 1. The van der Waals surface area contributed by atoms with Gasteiger partial charge in [0.1, 0.15) is 0 Å². The van der Waals surface area contributed by atoms with Crippen molar-refractivity contribution in [1.29, 1.82) is 0 Å². The normalized spacial score (nSPS) is 26.1. The number of aliphatic hydroxyl groups excluding tert-OH is 1. The minimum absolute atomic E-state index is 0.319. The maximum absolute atomic E-state index is 9.28. The van der Waals surface area contributed by atoms with Crippen LogP contribution in [0.3, 0.4) is 0 Å². The Bertz CT molecular complexity index is 369. The molecule has 0 aromatic heterocycles. The van der Waals surface area contributed by atoms with Gasteiger partial charge in [-0.15, -0.1) is 0 Å². The summed E-state index contributed by atoms with van der Waals surface area (Å²) in [7, 11) is 0. The van der Waals surface area contributed by atoms with Gasteiger partial charge in [-0.25, -0.2) is 0 Å². The highest BCUT2D eigenvalue weighted by Crippen LogP contribution is 2.25. The zero-order valence-electron chi connectivity index (χ0n) is 10.3. The molecule has 1 aromatic carbocycles. The molecule has 0 amide bonds. The molecule has 2 rings (SSSR count). The van der Waals surface area contributed by atoms with Gasteiger partial charge in [-0.1, -0.05) is 34.1 Å². The van der Waals surface area contributed by atoms with Crippen LogP contribution in [0.25, 0.3) is 0 Å². The van der Waals surface area contributed by atoms with Crippen LogP contribution in [-0.2, 0) is 6.54 Å². The first kappa shape index (κ1) is 13.1. The van der Waals surface area contributed by atoms with E-state index in [1.807, 2.05) is 6.07 Å². The standard InChI is InChI=1S/C14H20BrNO/c1-11-6-7-12(10-17)8-16(11)9-13-4-2-3-5-14(13)15/h2-5,11-12,17H,6-10H2,1H3. The first-order valence-corrected chi connectivity index (χ1v) is 7.08. The molecule has 3 heteroatoms. The van der Waals surface area contributed by atoms with Crippen molar-refractivity contribution < 1.29 is 5.11 Å². The van der Waals surface area contributed by atoms with E-state index in [1.54, 1.807) is 0 Å². The molecule has 1 N–H and O–H groups in total. The fraction of sp³-hybridized carbons (Fsp3) is 0.571. The van der Waals surface area contributed by atoms with Gasteiger partial charge in [-0.3, -0.25) is 4.90 Å². The molecule has 17 heavy (non-hydrogen) atoms. The molecule has 0 bridgehead atoms. The van der Waals surface area contributed by atoms with Gasteiger partial charge in [0.2, 0.25) is 0 Å². The Labute approximate surface area is 112 Å². The van der Waals surface area contributed by atoms with Crippen LogP contribution < -0.4 is 0 Å². The largest absolute Gasteiger partial charge is 0.396 e. The van der Waals surface area contributed by atoms with E-state index in [0.717, 1.165) is 19.5 Å². The quantitative estimate of drug-likeness (QED) is 0.927. The van der Waals surface area contributed by atoms with Crippen LogP contribution in [0.5, 0.6) is 0 Å². The summed E-state index contributed by atoms with van der Waals surface area (Å²) >= 11 is 3.60. The van der Waals surface area contributed by atoms with Crippen molar-refractivity contribution in [1.82, 2.24) is 4.90 Å². The van der Waals surface area contributed by atoms with E-state index in [9.17, 15) is 5.11 Å². The molecular formula is C14H20BrNO. The summed E-state index contributed by atoms with van der Waals surface area (Å²) in [6.07, 6.45) is 2.35. The van der Waals surface area contributed by atoms with Gasteiger partial charge in [0.15, 0.2) is 0 Å². The smallest absolute Gasteiger partial charge is 0.0471 e. The zero-order valence-corrected chi connectivity index (χ0v) is 11.9. The van der Waals surface area contributed by atoms with Gasteiger partial charge >= 0.3 is 0 Å². The van der Waals surface area contributed by atoms with Crippen LogP contribution in [0.1, 0.15) is 25.3 Å². The van der Waals surface area contributed by atoms with E-state index >= 15 is 0 Å². The van der Waals surface area contributed by atoms with Crippen molar-refractivity contribution in [3.63, 3.8) is 0 Å². The second-order valence-corrected chi connectivity index (χ2v) is 5.85. The lowest BCUT2D eigenvalue weighted by molar-refractivity contribution is 0.0770. The van der Waals surface area contributed by atoms with E-state index in [1.165, 1.54) is 16.5 Å². The minimum atomic E-state index is 0.319. The zero-order chi connectivity index (χ0) is 12.3. The molecule has 1 aliphatic heterocycles. The summed E-state index contributed by atoms with van der Waals surface area (Å²) in [4.78, 5) is 2.48. The van der Waals surface area contributed by atoms with Gasteiger partial charge in [-0.2, -0.15) is 0 Å². The average molecular weight is 298 g/mol. The average Bonchev–Trinajstić information content (AvgIpc) is 2.35. The second kappa shape index (κ2) is 5.98. The molecule has 0 aliphatic carbocycles. The van der Waals surface area contributed by atoms with Gasteiger partial charge in [0.05, 0.1) is 0 Å². The van der Waals surface area contributed by atoms with Crippen LogP contribution in [0.2, 0.25) is 0 Å². The fourth-order valence-electron chi connectivity index (χ4n) is 2.48. The topological polar surface area (TPSA) is 23.5 Å². The molecule has 0 radical (unpaired) electrons. The maximum atomic E-state index is 9.28. The minimum Gasteiger partial charge on any atom is -0.396 e. The van der Waals surface area contributed by atoms with Crippen molar-refractivity contribution >= 4 is 15.9 Å². The van der Waals surface area contributed by atoms with Gasteiger partial charge < -0.3 is 5.11 Å². The lowest BCUT2D eigenvalue weighted by Crippen LogP contribution is -2.42. The number of hydrogen-bond donors (Lipinski definition) is 1. The number of halogens is 1. The highest BCUT2D eigenvalue weighted by molar-refractivity contribution is 9.10. The number of aliphatic hydroxyl groups is 1. The lowest BCUT2D eigenvalue weighted by atomic mass is 9.93. The molecule has 1 aliphatic rings.